The molecule has 1 N–H and O–H groups in total. The lowest BCUT2D eigenvalue weighted by Crippen LogP contribution is -2.32. The number of allylic oxidation sites excluding steroid dienone is 1. The third-order valence-electron chi connectivity index (χ3n) is 6.31. The molecule has 1 aliphatic rings. The number of carbonyl (C=O) groups is 1. The van der Waals surface area contributed by atoms with Gasteiger partial charge in [0.25, 0.3) is 0 Å². The number of carbonyl (C=O) groups excluding carboxylic acids is 1. The molecule has 2 aromatic carbocycles. The van der Waals surface area contributed by atoms with Gasteiger partial charge in [0.05, 0.1) is 12.4 Å². The van der Waals surface area contributed by atoms with Crippen LogP contribution in [0.3, 0.4) is 0 Å². The van der Waals surface area contributed by atoms with Crippen LogP contribution in [0.4, 0.5) is 0 Å². The summed E-state index contributed by atoms with van der Waals surface area (Å²) in [6, 6.07) is 18.2. The lowest BCUT2D eigenvalue weighted by atomic mass is 9.97. The van der Waals surface area contributed by atoms with E-state index in [9.17, 15) is 4.79 Å². The van der Waals surface area contributed by atoms with Gasteiger partial charge in [-0.15, -0.1) is 10.2 Å². The van der Waals surface area contributed by atoms with Crippen molar-refractivity contribution < 1.29 is 9.53 Å². The molecule has 0 fully saturated rings. The van der Waals surface area contributed by atoms with Gasteiger partial charge in [-0.25, -0.2) is 0 Å². The van der Waals surface area contributed by atoms with Gasteiger partial charge in [-0.1, -0.05) is 53.7 Å². The maximum Gasteiger partial charge on any atom is 0.233 e. The number of hydrogen-bond donors (Lipinski definition) is 1. The molecule has 0 unspecified atom stereocenters. The molecule has 1 amide bonds. The first kappa shape index (κ1) is 25.0. The first-order valence-corrected chi connectivity index (χ1v) is 13.3. The van der Waals surface area contributed by atoms with E-state index in [1.165, 1.54) is 48.6 Å². The fourth-order valence-electron chi connectivity index (χ4n) is 4.25. The second-order valence-corrected chi connectivity index (χ2v) is 10.1. The minimum Gasteiger partial charge on any atom is -0.497 e. The largest absolute Gasteiger partial charge is 0.497 e. The molecule has 0 aliphatic heterocycles. The summed E-state index contributed by atoms with van der Waals surface area (Å²) in [4.78, 5) is 12.8. The number of rotatable bonds is 11. The normalized spacial score (nSPS) is 14.3. The standard InChI is InChI=1S/C28H34N4O2S/c1-21(27(33)29-19-17-22-9-5-3-6-10-22)35-28-31-30-26(24-13-15-25(34-2)16-14-24)32(28)20-18-23-11-7-4-8-12-23/h4,7-9,11-16,21H,3,5-6,10,17-20H2,1-2H3,(H,29,33)/t21-/m1/s1. The number of benzene rings is 2. The molecular formula is C28H34N4O2S. The molecule has 0 radical (unpaired) electrons. The Kier molecular flexibility index (Phi) is 9.01. The highest BCUT2D eigenvalue weighted by Gasteiger charge is 2.21. The summed E-state index contributed by atoms with van der Waals surface area (Å²) < 4.78 is 7.42. The third-order valence-corrected chi connectivity index (χ3v) is 7.39. The Morgan fingerprint density at radius 2 is 1.89 bits per heavy atom. The summed E-state index contributed by atoms with van der Waals surface area (Å²) in [6.07, 6.45) is 9.02. The number of aromatic nitrogens is 3. The quantitative estimate of drug-likeness (QED) is 0.276. The molecule has 0 bridgehead atoms. The van der Waals surface area contributed by atoms with Crippen molar-refractivity contribution in [1.29, 1.82) is 0 Å². The first-order chi connectivity index (χ1) is 17.1. The van der Waals surface area contributed by atoms with Crippen LogP contribution in [-0.4, -0.2) is 39.6 Å². The van der Waals surface area contributed by atoms with Crippen LogP contribution in [-0.2, 0) is 17.8 Å². The summed E-state index contributed by atoms with van der Waals surface area (Å²) in [7, 11) is 1.66. The molecule has 184 valence electrons. The van der Waals surface area contributed by atoms with Crippen molar-refractivity contribution in [2.45, 2.75) is 62.4 Å². The lowest BCUT2D eigenvalue weighted by molar-refractivity contribution is -0.120. The average molecular weight is 491 g/mol. The van der Waals surface area contributed by atoms with Gasteiger partial charge in [0.1, 0.15) is 5.75 Å². The number of methoxy groups -OCH3 is 1. The van der Waals surface area contributed by atoms with Crippen molar-refractivity contribution in [3.63, 3.8) is 0 Å². The molecule has 6 nitrogen and oxygen atoms in total. The smallest absolute Gasteiger partial charge is 0.233 e. The highest BCUT2D eigenvalue weighted by molar-refractivity contribution is 8.00. The second kappa shape index (κ2) is 12.6. The van der Waals surface area contributed by atoms with Gasteiger partial charge >= 0.3 is 0 Å². The van der Waals surface area contributed by atoms with Gasteiger partial charge in [0.2, 0.25) is 5.91 Å². The Morgan fingerprint density at radius 3 is 2.60 bits per heavy atom. The van der Waals surface area contributed by atoms with E-state index in [4.69, 9.17) is 4.74 Å². The molecule has 1 aliphatic carbocycles. The third kappa shape index (κ3) is 6.98. The molecule has 0 spiro atoms. The van der Waals surface area contributed by atoms with Crippen LogP contribution < -0.4 is 10.1 Å². The van der Waals surface area contributed by atoms with Crippen molar-refractivity contribution in [1.82, 2.24) is 20.1 Å². The maximum absolute atomic E-state index is 12.8. The predicted octanol–water partition coefficient (Wildman–Crippen LogP) is 5.68. The van der Waals surface area contributed by atoms with Crippen molar-refractivity contribution in [2.24, 2.45) is 0 Å². The van der Waals surface area contributed by atoms with E-state index < -0.39 is 0 Å². The number of nitrogens with zero attached hydrogens (tertiary/aromatic N) is 3. The van der Waals surface area contributed by atoms with Gasteiger partial charge in [-0.05, 0) is 75.3 Å². The van der Waals surface area contributed by atoms with Crippen LogP contribution in [0, 0.1) is 0 Å². The van der Waals surface area contributed by atoms with Crippen molar-refractivity contribution in [3.05, 3.63) is 71.8 Å². The average Bonchev–Trinajstić information content (AvgIpc) is 3.30. The van der Waals surface area contributed by atoms with E-state index in [0.29, 0.717) is 6.54 Å². The van der Waals surface area contributed by atoms with Crippen LogP contribution in [0.2, 0.25) is 0 Å². The second-order valence-electron chi connectivity index (χ2n) is 8.83. The predicted molar refractivity (Wildman–Crippen MR) is 142 cm³/mol. The zero-order chi connectivity index (χ0) is 24.5. The molecule has 0 saturated carbocycles. The molecule has 4 rings (SSSR count). The monoisotopic (exact) mass is 490 g/mol. The van der Waals surface area contributed by atoms with Gasteiger partial charge in [-0.3, -0.25) is 4.79 Å². The van der Waals surface area contributed by atoms with E-state index in [2.05, 4.69) is 50.4 Å². The van der Waals surface area contributed by atoms with Crippen LogP contribution >= 0.6 is 11.8 Å². The number of aryl methyl sites for hydroxylation is 1. The van der Waals surface area contributed by atoms with E-state index in [-0.39, 0.29) is 11.2 Å². The molecule has 0 saturated heterocycles. The molecule has 1 atom stereocenters. The van der Waals surface area contributed by atoms with Gasteiger partial charge in [0.15, 0.2) is 11.0 Å². The fourth-order valence-corrected chi connectivity index (χ4v) is 5.15. The number of ether oxygens (including phenoxy) is 1. The fraction of sp³-hybridized carbons (Fsp3) is 0.393. The Hall–Kier alpha value is -3.06. The van der Waals surface area contributed by atoms with E-state index >= 15 is 0 Å². The van der Waals surface area contributed by atoms with Crippen molar-refractivity contribution in [3.8, 4) is 17.1 Å². The molecule has 7 heteroatoms. The van der Waals surface area contributed by atoms with Crippen LogP contribution in [0.15, 0.2) is 71.4 Å². The van der Waals surface area contributed by atoms with Crippen molar-refractivity contribution >= 4 is 17.7 Å². The molecule has 3 aromatic rings. The lowest BCUT2D eigenvalue weighted by Gasteiger charge is -2.16. The number of hydrogen-bond acceptors (Lipinski definition) is 5. The Labute approximate surface area is 212 Å². The SMILES string of the molecule is COc1ccc(-c2nnc(S[C@H](C)C(=O)NCCC3=CCCCC3)n2CCc2ccccc2)cc1. The minimum absolute atomic E-state index is 0.0371. The van der Waals surface area contributed by atoms with Gasteiger partial charge < -0.3 is 14.6 Å². The van der Waals surface area contributed by atoms with Crippen LogP contribution in [0.1, 0.15) is 44.6 Å². The molecule has 1 heterocycles. The van der Waals surface area contributed by atoms with Crippen molar-refractivity contribution in [2.75, 3.05) is 13.7 Å². The summed E-state index contributed by atoms with van der Waals surface area (Å²) in [6.45, 7) is 3.35. The minimum atomic E-state index is -0.265. The maximum atomic E-state index is 12.8. The van der Waals surface area contributed by atoms with Gasteiger partial charge in [0, 0.05) is 18.7 Å². The number of thioether (sulfide) groups is 1. The first-order valence-electron chi connectivity index (χ1n) is 12.4. The summed E-state index contributed by atoms with van der Waals surface area (Å²) >= 11 is 1.46. The zero-order valence-corrected chi connectivity index (χ0v) is 21.4. The zero-order valence-electron chi connectivity index (χ0n) is 20.6. The van der Waals surface area contributed by atoms with E-state index in [0.717, 1.165) is 41.7 Å². The summed E-state index contributed by atoms with van der Waals surface area (Å²) in [5.41, 5.74) is 3.69. The van der Waals surface area contributed by atoms with Crippen LogP contribution in [0.25, 0.3) is 11.4 Å². The number of nitrogens with one attached hydrogen (secondary N) is 1. The highest BCUT2D eigenvalue weighted by atomic mass is 32.2. The highest BCUT2D eigenvalue weighted by Crippen LogP contribution is 2.28. The van der Waals surface area contributed by atoms with E-state index in [1.807, 2.05) is 37.3 Å². The Morgan fingerprint density at radius 1 is 1.09 bits per heavy atom. The molecular weight excluding hydrogens is 456 g/mol. The number of amides is 1. The Bertz CT molecular complexity index is 1130. The summed E-state index contributed by atoms with van der Waals surface area (Å²) in [5.74, 6) is 1.63. The topological polar surface area (TPSA) is 69.0 Å². The molecule has 1 aromatic heterocycles. The Balaban J connectivity index is 1.45. The van der Waals surface area contributed by atoms with Crippen LogP contribution in [0.5, 0.6) is 5.75 Å². The summed E-state index contributed by atoms with van der Waals surface area (Å²) in [5, 5.41) is 12.6. The molecule has 35 heavy (non-hydrogen) atoms. The van der Waals surface area contributed by atoms with Gasteiger partial charge in [-0.2, -0.15) is 0 Å². The van der Waals surface area contributed by atoms with E-state index in [1.54, 1.807) is 7.11 Å².